The van der Waals surface area contributed by atoms with E-state index in [2.05, 4.69) is 39.0 Å². The van der Waals surface area contributed by atoms with Crippen LogP contribution in [0.1, 0.15) is 45.6 Å². The molecule has 71 valence electrons. The first-order valence-corrected chi connectivity index (χ1v) is 5.13. The molecule has 0 nitrogen and oxygen atoms in total. The Morgan fingerprint density at radius 1 is 1.23 bits per heavy atom. The van der Waals surface area contributed by atoms with Gasteiger partial charge in [0.2, 0.25) is 0 Å². The molecule has 0 saturated carbocycles. The fraction of sp³-hybridized carbons (Fsp3) is 0.538. The molecule has 0 saturated heterocycles. The lowest BCUT2D eigenvalue weighted by atomic mass is 9.80. The van der Waals surface area contributed by atoms with Gasteiger partial charge in [0, 0.05) is 0 Å². The third-order valence-corrected chi connectivity index (χ3v) is 2.66. The van der Waals surface area contributed by atoms with E-state index < -0.39 is 0 Å². The van der Waals surface area contributed by atoms with Gasteiger partial charge in [-0.1, -0.05) is 57.9 Å². The van der Waals surface area contributed by atoms with Crippen molar-refractivity contribution in [3.63, 3.8) is 0 Å². The molecule has 0 heterocycles. The molecule has 1 radical (unpaired) electrons. The van der Waals surface area contributed by atoms with Crippen LogP contribution >= 0.6 is 0 Å². The fourth-order valence-electron chi connectivity index (χ4n) is 1.60. The van der Waals surface area contributed by atoms with Gasteiger partial charge in [-0.25, -0.2) is 0 Å². The van der Waals surface area contributed by atoms with Crippen LogP contribution in [0.3, 0.4) is 0 Å². The van der Waals surface area contributed by atoms with Gasteiger partial charge in [0.15, 0.2) is 0 Å². The summed E-state index contributed by atoms with van der Waals surface area (Å²) in [6.45, 7) is 6.88. The zero-order valence-electron chi connectivity index (χ0n) is 8.93. The number of unbranched alkanes of at least 4 members (excludes halogenated alkanes) is 1. The van der Waals surface area contributed by atoms with Crippen LogP contribution in [0, 0.1) is 6.07 Å². The molecule has 1 aromatic rings. The molecule has 1 aromatic carbocycles. The van der Waals surface area contributed by atoms with Crippen LogP contribution in [0.15, 0.2) is 24.3 Å². The summed E-state index contributed by atoms with van der Waals surface area (Å²) in [5, 5.41) is 0. The molecule has 0 aromatic heterocycles. The predicted molar refractivity (Wildman–Crippen MR) is 57.8 cm³/mol. The van der Waals surface area contributed by atoms with Crippen LogP contribution in [0.2, 0.25) is 0 Å². The Labute approximate surface area is 82.0 Å². The van der Waals surface area contributed by atoms with E-state index in [4.69, 9.17) is 0 Å². The second kappa shape index (κ2) is 4.45. The quantitative estimate of drug-likeness (QED) is 0.650. The van der Waals surface area contributed by atoms with Gasteiger partial charge >= 0.3 is 0 Å². The Morgan fingerprint density at radius 2 is 1.85 bits per heavy atom. The van der Waals surface area contributed by atoms with E-state index in [0.717, 1.165) is 0 Å². The van der Waals surface area contributed by atoms with Crippen molar-refractivity contribution < 1.29 is 0 Å². The van der Waals surface area contributed by atoms with Crippen LogP contribution in [-0.4, -0.2) is 0 Å². The molecule has 0 atom stereocenters. The van der Waals surface area contributed by atoms with Crippen molar-refractivity contribution in [3.05, 3.63) is 35.9 Å². The Hall–Kier alpha value is -0.780. The van der Waals surface area contributed by atoms with E-state index in [-0.39, 0.29) is 0 Å². The lowest BCUT2D eigenvalue weighted by molar-refractivity contribution is 0.458. The van der Waals surface area contributed by atoms with Crippen molar-refractivity contribution in [2.45, 2.75) is 45.4 Å². The van der Waals surface area contributed by atoms with Crippen LogP contribution in [0.5, 0.6) is 0 Å². The number of hydrogen-bond acceptors (Lipinski definition) is 0. The molecule has 0 N–H and O–H groups in total. The molecule has 0 aliphatic heterocycles. The van der Waals surface area contributed by atoms with E-state index in [0.29, 0.717) is 5.41 Å². The van der Waals surface area contributed by atoms with Gasteiger partial charge in [-0.15, -0.1) is 0 Å². The van der Waals surface area contributed by atoms with Crippen LogP contribution in [-0.2, 0) is 5.41 Å². The van der Waals surface area contributed by atoms with Crippen molar-refractivity contribution >= 4 is 0 Å². The molecular weight excluding hydrogens is 156 g/mol. The molecule has 0 spiro atoms. The average Bonchev–Trinajstić information content (AvgIpc) is 2.16. The highest BCUT2D eigenvalue weighted by molar-refractivity contribution is 5.22. The summed E-state index contributed by atoms with van der Waals surface area (Å²) >= 11 is 0. The number of rotatable bonds is 4. The smallest absolute Gasteiger partial charge is 0.0104 e. The maximum atomic E-state index is 3.06. The largest absolute Gasteiger partial charge is 0.0654 e. The zero-order chi connectivity index (χ0) is 9.73. The molecule has 0 aliphatic carbocycles. The van der Waals surface area contributed by atoms with Crippen LogP contribution in [0.25, 0.3) is 0 Å². The molecular formula is C13H19. The summed E-state index contributed by atoms with van der Waals surface area (Å²) in [6.07, 6.45) is 3.86. The van der Waals surface area contributed by atoms with Crippen molar-refractivity contribution in [2.75, 3.05) is 0 Å². The molecule has 13 heavy (non-hydrogen) atoms. The highest BCUT2D eigenvalue weighted by Gasteiger charge is 2.18. The first-order chi connectivity index (χ1) is 6.17. The summed E-state index contributed by atoms with van der Waals surface area (Å²) in [6, 6.07) is 11.4. The minimum atomic E-state index is 0.325. The number of hydrogen-bond donors (Lipinski definition) is 0. The summed E-state index contributed by atoms with van der Waals surface area (Å²) in [5.74, 6) is 0. The van der Waals surface area contributed by atoms with E-state index in [1.165, 1.54) is 24.8 Å². The summed E-state index contributed by atoms with van der Waals surface area (Å²) in [4.78, 5) is 0. The van der Waals surface area contributed by atoms with E-state index >= 15 is 0 Å². The molecule has 0 bridgehead atoms. The molecule has 0 aliphatic rings. The van der Waals surface area contributed by atoms with E-state index in [1.807, 2.05) is 12.1 Å². The highest BCUT2D eigenvalue weighted by Crippen LogP contribution is 2.28. The maximum absolute atomic E-state index is 3.06. The second-order valence-corrected chi connectivity index (χ2v) is 4.28. The first kappa shape index (κ1) is 10.3. The van der Waals surface area contributed by atoms with Crippen molar-refractivity contribution in [2.24, 2.45) is 0 Å². The van der Waals surface area contributed by atoms with E-state index in [9.17, 15) is 0 Å². The summed E-state index contributed by atoms with van der Waals surface area (Å²) in [5.41, 5.74) is 1.75. The van der Waals surface area contributed by atoms with Crippen molar-refractivity contribution in [3.8, 4) is 0 Å². The standard InChI is InChI=1S/C13H19/c1-4-5-11-13(2,3)12-9-7-6-8-10-12/h7-10H,4-5,11H2,1-3H3. The Bertz CT molecular complexity index is 233. The first-order valence-electron chi connectivity index (χ1n) is 5.13. The molecule has 0 heteroatoms. The third-order valence-electron chi connectivity index (χ3n) is 2.66. The second-order valence-electron chi connectivity index (χ2n) is 4.28. The Morgan fingerprint density at radius 3 is 2.38 bits per heavy atom. The third kappa shape index (κ3) is 2.87. The molecule has 0 unspecified atom stereocenters. The molecule has 0 amide bonds. The van der Waals surface area contributed by atoms with Crippen molar-refractivity contribution in [1.29, 1.82) is 0 Å². The van der Waals surface area contributed by atoms with Crippen molar-refractivity contribution in [1.82, 2.24) is 0 Å². The molecule has 1 rings (SSSR count). The normalized spacial score (nSPS) is 11.6. The van der Waals surface area contributed by atoms with Gasteiger partial charge in [-0.2, -0.15) is 0 Å². The minimum absolute atomic E-state index is 0.325. The Kier molecular flexibility index (Phi) is 3.53. The monoisotopic (exact) mass is 175 g/mol. The van der Waals surface area contributed by atoms with Gasteiger partial charge in [-0.05, 0) is 23.5 Å². The molecule has 0 fully saturated rings. The SMILES string of the molecule is CCCCC(C)(C)c1cc[c]cc1. The topological polar surface area (TPSA) is 0 Å². The van der Waals surface area contributed by atoms with E-state index in [1.54, 1.807) is 0 Å². The van der Waals surface area contributed by atoms with Gasteiger partial charge in [0.1, 0.15) is 0 Å². The average molecular weight is 175 g/mol. The fourth-order valence-corrected chi connectivity index (χ4v) is 1.60. The predicted octanol–water partition coefficient (Wildman–Crippen LogP) is 3.95. The summed E-state index contributed by atoms with van der Waals surface area (Å²) in [7, 11) is 0. The van der Waals surface area contributed by atoms with Crippen LogP contribution in [0.4, 0.5) is 0 Å². The number of benzene rings is 1. The van der Waals surface area contributed by atoms with Gasteiger partial charge in [0.05, 0.1) is 0 Å². The van der Waals surface area contributed by atoms with Gasteiger partial charge < -0.3 is 0 Å². The summed E-state index contributed by atoms with van der Waals surface area (Å²) < 4.78 is 0. The maximum Gasteiger partial charge on any atom is -0.0104 e. The lowest BCUT2D eigenvalue weighted by Gasteiger charge is -2.24. The minimum Gasteiger partial charge on any atom is -0.0654 e. The zero-order valence-corrected chi connectivity index (χ0v) is 8.93. The lowest BCUT2D eigenvalue weighted by Crippen LogP contribution is -2.16. The highest BCUT2D eigenvalue weighted by atomic mass is 14.2. The van der Waals surface area contributed by atoms with Crippen LogP contribution < -0.4 is 0 Å². The van der Waals surface area contributed by atoms with Gasteiger partial charge in [0.25, 0.3) is 0 Å². The van der Waals surface area contributed by atoms with Gasteiger partial charge in [-0.3, -0.25) is 0 Å². The Balaban J connectivity index is 2.69.